The van der Waals surface area contributed by atoms with Gasteiger partial charge in [-0.3, -0.25) is 9.45 Å². The van der Waals surface area contributed by atoms with Gasteiger partial charge in [-0.05, 0) is 12.3 Å². The zero-order valence-corrected chi connectivity index (χ0v) is 11.4. The van der Waals surface area contributed by atoms with Gasteiger partial charge < -0.3 is 4.74 Å². The highest BCUT2D eigenvalue weighted by atomic mass is 32.2. The van der Waals surface area contributed by atoms with E-state index < -0.39 is 15.5 Å². The predicted octanol–water partition coefficient (Wildman–Crippen LogP) is 1.36. The Bertz CT molecular complexity index is 307. The Kier molecular flexibility index (Phi) is 5.85. The molecule has 0 amide bonds. The van der Waals surface area contributed by atoms with Crippen molar-refractivity contribution in [2.45, 2.75) is 38.5 Å². The first-order valence-corrected chi connectivity index (χ1v) is 7.79. The largest absolute Gasteiger partial charge is 0.379 e. The Hall–Kier alpha value is -0.170. The van der Waals surface area contributed by atoms with Crippen LogP contribution in [-0.4, -0.2) is 49.5 Å². The van der Waals surface area contributed by atoms with Crippen LogP contribution >= 0.6 is 0 Å². The summed E-state index contributed by atoms with van der Waals surface area (Å²) in [4.78, 5) is 1.84. The van der Waals surface area contributed by atoms with Crippen LogP contribution in [0.4, 0.5) is 0 Å². The lowest BCUT2D eigenvalue weighted by Crippen LogP contribution is -2.50. The third-order valence-electron chi connectivity index (χ3n) is 3.30. The van der Waals surface area contributed by atoms with E-state index in [1.165, 1.54) is 0 Å². The van der Waals surface area contributed by atoms with Crippen molar-refractivity contribution in [3.05, 3.63) is 0 Å². The van der Waals surface area contributed by atoms with Gasteiger partial charge in [0.05, 0.1) is 13.2 Å². The Morgan fingerprint density at radius 1 is 1.29 bits per heavy atom. The van der Waals surface area contributed by atoms with Gasteiger partial charge in [0, 0.05) is 13.1 Å². The molecule has 0 aromatic rings. The average Bonchev–Trinajstić information content (AvgIpc) is 2.28. The Morgan fingerprint density at radius 2 is 1.88 bits per heavy atom. The number of rotatable bonds is 6. The fraction of sp³-hybridized carbons (Fsp3) is 1.00. The molecule has 1 heterocycles. The zero-order chi connectivity index (χ0) is 12.9. The van der Waals surface area contributed by atoms with Gasteiger partial charge in [-0.15, -0.1) is 0 Å². The molecule has 0 radical (unpaired) electrons. The summed E-state index contributed by atoms with van der Waals surface area (Å²) in [5.74, 6) is -0.00639. The number of ether oxygens (including phenoxy) is 1. The maximum Gasteiger partial charge on any atom is 0.281 e. The molecule has 0 spiro atoms. The molecule has 102 valence electrons. The summed E-state index contributed by atoms with van der Waals surface area (Å²) in [6.45, 7) is 6.22. The van der Waals surface area contributed by atoms with E-state index in [1.54, 1.807) is 0 Å². The van der Waals surface area contributed by atoms with Gasteiger partial charge in [0.15, 0.2) is 0 Å². The third kappa shape index (κ3) is 4.21. The molecule has 1 saturated heterocycles. The standard InChI is InChI=1S/C11H23NO4S/c1-3-5-10(4-2)11(17(13,14)15)12-6-8-16-9-7-12/h10-11H,3-9H2,1-2H3,(H,13,14,15). The Balaban J connectivity index is 2.85. The summed E-state index contributed by atoms with van der Waals surface area (Å²) in [6.07, 6.45) is 2.50. The third-order valence-corrected chi connectivity index (χ3v) is 4.59. The van der Waals surface area contributed by atoms with Crippen molar-refractivity contribution < 1.29 is 17.7 Å². The number of hydrogen-bond donors (Lipinski definition) is 1. The monoisotopic (exact) mass is 265 g/mol. The van der Waals surface area contributed by atoms with Crippen LogP contribution < -0.4 is 0 Å². The van der Waals surface area contributed by atoms with Crippen LogP contribution in [0.1, 0.15) is 33.1 Å². The second kappa shape index (κ2) is 6.68. The minimum absolute atomic E-state index is 0.00639. The molecule has 0 saturated carbocycles. The zero-order valence-electron chi connectivity index (χ0n) is 10.6. The molecule has 0 aromatic heterocycles. The van der Waals surface area contributed by atoms with Gasteiger partial charge >= 0.3 is 0 Å². The molecule has 0 aliphatic carbocycles. The molecule has 2 unspecified atom stereocenters. The van der Waals surface area contributed by atoms with Crippen LogP contribution in [0.5, 0.6) is 0 Å². The smallest absolute Gasteiger partial charge is 0.281 e. The second-order valence-electron chi connectivity index (χ2n) is 4.51. The summed E-state index contributed by atoms with van der Waals surface area (Å²) in [5.41, 5.74) is 0. The molecule has 0 aromatic carbocycles. The first-order valence-electron chi connectivity index (χ1n) is 6.28. The minimum Gasteiger partial charge on any atom is -0.379 e. The topological polar surface area (TPSA) is 66.8 Å². The van der Waals surface area contributed by atoms with E-state index in [4.69, 9.17) is 4.74 Å². The van der Waals surface area contributed by atoms with Crippen LogP contribution in [0.25, 0.3) is 0 Å². The van der Waals surface area contributed by atoms with Crippen LogP contribution in [0.3, 0.4) is 0 Å². The Labute approximate surface area is 104 Å². The lowest BCUT2D eigenvalue weighted by Gasteiger charge is -2.36. The fourth-order valence-corrected chi connectivity index (χ4v) is 3.88. The van der Waals surface area contributed by atoms with Gasteiger partial charge in [-0.1, -0.05) is 26.7 Å². The molecule has 1 fully saturated rings. The molecule has 1 aliphatic heterocycles. The molecular formula is C11H23NO4S. The van der Waals surface area contributed by atoms with Crippen molar-refractivity contribution in [3.8, 4) is 0 Å². The van der Waals surface area contributed by atoms with Crippen LogP contribution in [0.15, 0.2) is 0 Å². The van der Waals surface area contributed by atoms with Crippen molar-refractivity contribution in [2.24, 2.45) is 5.92 Å². The molecule has 0 bridgehead atoms. The number of morpholine rings is 1. The van der Waals surface area contributed by atoms with E-state index in [0.29, 0.717) is 26.3 Å². The first-order chi connectivity index (χ1) is 8.00. The maximum atomic E-state index is 11.6. The van der Waals surface area contributed by atoms with E-state index in [9.17, 15) is 13.0 Å². The van der Waals surface area contributed by atoms with Gasteiger partial charge in [0.1, 0.15) is 5.37 Å². The lowest BCUT2D eigenvalue weighted by molar-refractivity contribution is 0.0184. The molecule has 6 heteroatoms. The molecule has 2 atom stereocenters. The van der Waals surface area contributed by atoms with Crippen molar-refractivity contribution >= 4 is 10.1 Å². The SMILES string of the molecule is CCCC(CC)C(N1CCOCC1)S(=O)(=O)O. The average molecular weight is 265 g/mol. The second-order valence-corrected chi connectivity index (χ2v) is 6.02. The van der Waals surface area contributed by atoms with Gasteiger partial charge in [0.2, 0.25) is 0 Å². The van der Waals surface area contributed by atoms with Crippen LogP contribution in [-0.2, 0) is 14.9 Å². The summed E-state index contributed by atoms with van der Waals surface area (Å²) >= 11 is 0. The number of hydrogen-bond acceptors (Lipinski definition) is 4. The van der Waals surface area contributed by atoms with E-state index >= 15 is 0 Å². The van der Waals surface area contributed by atoms with Gasteiger partial charge in [0.25, 0.3) is 10.1 Å². The molecule has 1 aliphatic rings. The molecule has 1 N–H and O–H groups in total. The van der Waals surface area contributed by atoms with Crippen molar-refractivity contribution in [1.29, 1.82) is 0 Å². The minimum atomic E-state index is -4.03. The summed E-state index contributed by atoms with van der Waals surface area (Å²) in [6, 6.07) is 0. The van der Waals surface area contributed by atoms with Crippen molar-refractivity contribution in [3.63, 3.8) is 0 Å². The van der Waals surface area contributed by atoms with E-state index in [0.717, 1.165) is 19.3 Å². The molecule has 5 nitrogen and oxygen atoms in total. The summed E-state index contributed by atoms with van der Waals surface area (Å²) in [5, 5.41) is -0.767. The van der Waals surface area contributed by atoms with E-state index in [-0.39, 0.29) is 5.92 Å². The molecule has 17 heavy (non-hydrogen) atoms. The van der Waals surface area contributed by atoms with E-state index in [1.807, 2.05) is 18.7 Å². The normalized spacial score (nSPS) is 22.3. The highest BCUT2D eigenvalue weighted by Crippen LogP contribution is 2.25. The quantitative estimate of drug-likeness (QED) is 0.734. The highest BCUT2D eigenvalue weighted by molar-refractivity contribution is 7.86. The van der Waals surface area contributed by atoms with E-state index in [2.05, 4.69) is 0 Å². The van der Waals surface area contributed by atoms with Crippen molar-refractivity contribution in [1.82, 2.24) is 4.90 Å². The molecule has 1 rings (SSSR count). The van der Waals surface area contributed by atoms with Crippen LogP contribution in [0.2, 0.25) is 0 Å². The van der Waals surface area contributed by atoms with Crippen molar-refractivity contribution in [2.75, 3.05) is 26.3 Å². The molecular weight excluding hydrogens is 242 g/mol. The summed E-state index contributed by atoms with van der Waals surface area (Å²) < 4.78 is 37.8. The first kappa shape index (κ1) is 14.9. The predicted molar refractivity (Wildman–Crippen MR) is 66.4 cm³/mol. The number of nitrogens with zero attached hydrogens (tertiary/aromatic N) is 1. The van der Waals surface area contributed by atoms with Gasteiger partial charge in [-0.2, -0.15) is 8.42 Å². The highest BCUT2D eigenvalue weighted by Gasteiger charge is 2.36. The van der Waals surface area contributed by atoms with Crippen LogP contribution in [0, 0.1) is 5.92 Å². The lowest BCUT2D eigenvalue weighted by atomic mass is 9.99. The van der Waals surface area contributed by atoms with Gasteiger partial charge in [-0.25, -0.2) is 0 Å². The Morgan fingerprint density at radius 3 is 2.29 bits per heavy atom. The maximum absolute atomic E-state index is 11.6. The summed E-state index contributed by atoms with van der Waals surface area (Å²) in [7, 11) is -4.03. The fourth-order valence-electron chi connectivity index (χ4n) is 2.48.